The first-order valence-corrected chi connectivity index (χ1v) is 6.76. The molecular formula is C14H16BrN3. The molecule has 0 saturated carbocycles. The molecule has 1 N–H and O–H groups in total. The zero-order valence-electron chi connectivity index (χ0n) is 10.5. The second-order valence-corrected chi connectivity index (χ2v) is 5.08. The highest BCUT2D eigenvalue weighted by atomic mass is 79.9. The Kier molecular flexibility index (Phi) is 4.44. The van der Waals surface area contributed by atoms with Crippen molar-refractivity contribution in [1.29, 1.82) is 0 Å². The molecule has 0 aliphatic heterocycles. The minimum Gasteiger partial charge on any atom is -0.306 e. The van der Waals surface area contributed by atoms with Gasteiger partial charge in [-0.05, 0) is 58.2 Å². The molecular weight excluding hydrogens is 290 g/mol. The molecule has 1 unspecified atom stereocenters. The predicted octanol–water partition coefficient (Wildman–Crippen LogP) is 3.25. The minimum absolute atomic E-state index is 0.133. The third kappa shape index (κ3) is 2.94. The van der Waals surface area contributed by atoms with Crippen LogP contribution in [0.2, 0.25) is 0 Å². The Morgan fingerprint density at radius 3 is 2.78 bits per heavy atom. The average molecular weight is 306 g/mol. The zero-order chi connectivity index (χ0) is 13.0. The van der Waals surface area contributed by atoms with Crippen LogP contribution in [0, 0.1) is 6.92 Å². The molecule has 0 aliphatic carbocycles. The van der Waals surface area contributed by atoms with E-state index >= 15 is 0 Å². The van der Waals surface area contributed by atoms with Gasteiger partial charge in [0.25, 0.3) is 0 Å². The highest BCUT2D eigenvalue weighted by Gasteiger charge is 2.15. The topological polar surface area (TPSA) is 37.8 Å². The van der Waals surface area contributed by atoms with E-state index in [1.807, 2.05) is 24.7 Å². The summed E-state index contributed by atoms with van der Waals surface area (Å²) in [5.41, 5.74) is 3.57. The normalized spacial score (nSPS) is 12.4. The van der Waals surface area contributed by atoms with E-state index in [2.05, 4.69) is 51.1 Å². The lowest BCUT2D eigenvalue weighted by atomic mass is 9.98. The highest BCUT2D eigenvalue weighted by Crippen LogP contribution is 2.25. The maximum Gasteiger partial charge on any atom is 0.0610 e. The fourth-order valence-electron chi connectivity index (χ4n) is 1.98. The van der Waals surface area contributed by atoms with Crippen molar-refractivity contribution in [3.05, 3.63) is 58.1 Å². The van der Waals surface area contributed by atoms with Gasteiger partial charge < -0.3 is 5.32 Å². The van der Waals surface area contributed by atoms with E-state index in [4.69, 9.17) is 0 Å². The minimum atomic E-state index is 0.133. The molecule has 0 spiro atoms. The van der Waals surface area contributed by atoms with Gasteiger partial charge in [-0.2, -0.15) is 0 Å². The average Bonchev–Trinajstić information content (AvgIpc) is 2.37. The second-order valence-electron chi connectivity index (χ2n) is 4.16. The summed E-state index contributed by atoms with van der Waals surface area (Å²) in [5, 5.41) is 3.48. The van der Waals surface area contributed by atoms with Crippen LogP contribution in [0.1, 0.15) is 29.7 Å². The molecule has 0 bridgehead atoms. The smallest absolute Gasteiger partial charge is 0.0610 e. The largest absolute Gasteiger partial charge is 0.306 e. The lowest BCUT2D eigenvalue weighted by Gasteiger charge is -2.20. The number of pyridine rings is 2. The molecule has 2 aromatic heterocycles. The van der Waals surface area contributed by atoms with Crippen LogP contribution in [0.25, 0.3) is 0 Å². The van der Waals surface area contributed by atoms with E-state index in [0.29, 0.717) is 0 Å². The summed E-state index contributed by atoms with van der Waals surface area (Å²) in [6, 6.07) is 4.26. The SMILES string of the molecule is CCNC(c1cncc(Br)c1)c1cnccc1C. The van der Waals surface area contributed by atoms with Crippen molar-refractivity contribution in [2.75, 3.05) is 6.54 Å². The van der Waals surface area contributed by atoms with Crippen molar-refractivity contribution in [2.45, 2.75) is 19.9 Å². The Morgan fingerprint density at radius 1 is 1.28 bits per heavy atom. The number of nitrogens with one attached hydrogen (secondary N) is 1. The second kappa shape index (κ2) is 6.07. The molecule has 0 aliphatic rings. The van der Waals surface area contributed by atoms with Gasteiger partial charge in [-0.1, -0.05) is 6.92 Å². The maximum atomic E-state index is 4.24. The van der Waals surface area contributed by atoms with Crippen molar-refractivity contribution in [1.82, 2.24) is 15.3 Å². The summed E-state index contributed by atoms with van der Waals surface area (Å²) in [6.45, 7) is 5.10. The Morgan fingerprint density at radius 2 is 2.11 bits per heavy atom. The van der Waals surface area contributed by atoms with Crippen LogP contribution in [-0.4, -0.2) is 16.5 Å². The monoisotopic (exact) mass is 305 g/mol. The standard InChI is InChI=1S/C14H16BrN3/c1-3-18-14(11-6-12(15)8-17-7-11)13-9-16-5-4-10(13)2/h4-9,14,18H,3H2,1-2H3. The van der Waals surface area contributed by atoms with Crippen LogP contribution >= 0.6 is 15.9 Å². The van der Waals surface area contributed by atoms with Gasteiger partial charge >= 0.3 is 0 Å². The molecule has 0 aromatic carbocycles. The quantitative estimate of drug-likeness (QED) is 0.942. The van der Waals surface area contributed by atoms with E-state index in [1.54, 1.807) is 6.20 Å². The van der Waals surface area contributed by atoms with Crippen LogP contribution in [0.4, 0.5) is 0 Å². The Labute approximate surface area is 116 Å². The van der Waals surface area contributed by atoms with E-state index in [1.165, 1.54) is 11.1 Å². The van der Waals surface area contributed by atoms with Crippen molar-refractivity contribution < 1.29 is 0 Å². The fraction of sp³-hybridized carbons (Fsp3) is 0.286. The van der Waals surface area contributed by atoms with Gasteiger partial charge in [-0.25, -0.2) is 0 Å². The molecule has 0 saturated heterocycles. The number of rotatable bonds is 4. The van der Waals surface area contributed by atoms with E-state index in [-0.39, 0.29) is 6.04 Å². The Bertz CT molecular complexity index is 528. The number of halogens is 1. The molecule has 18 heavy (non-hydrogen) atoms. The number of nitrogens with zero attached hydrogens (tertiary/aromatic N) is 2. The van der Waals surface area contributed by atoms with Gasteiger partial charge in [0.05, 0.1) is 6.04 Å². The first-order chi connectivity index (χ1) is 8.72. The number of aromatic nitrogens is 2. The van der Waals surface area contributed by atoms with Gasteiger partial charge in [0.15, 0.2) is 0 Å². The first kappa shape index (κ1) is 13.2. The molecule has 1 atom stereocenters. The molecule has 2 rings (SSSR count). The van der Waals surface area contributed by atoms with E-state index < -0.39 is 0 Å². The van der Waals surface area contributed by atoms with Crippen LogP contribution in [-0.2, 0) is 0 Å². The Hall–Kier alpha value is -1.26. The summed E-state index contributed by atoms with van der Waals surface area (Å²) in [4.78, 5) is 8.46. The van der Waals surface area contributed by atoms with Gasteiger partial charge in [0, 0.05) is 29.3 Å². The number of aryl methyl sites for hydroxylation is 1. The number of hydrogen-bond donors (Lipinski definition) is 1. The maximum absolute atomic E-state index is 4.24. The van der Waals surface area contributed by atoms with Gasteiger partial charge in [0.1, 0.15) is 0 Å². The van der Waals surface area contributed by atoms with Crippen LogP contribution < -0.4 is 5.32 Å². The summed E-state index contributed by atoms with van der Waals surface area (Å²) in [5.74, 6) is 0. The molecule has 4 heteroatoms. The molecule has 0 fully saturated rings. The third-order valence-electron chi connectivity index (χ3n) is 2.86. The summed E-state index contributed by atoms with van der Waals surface area (Å²) < 4.78 is 0.990. The van der Waals surface area contributed by atoms with Crippen LogP contribution in [0.5, 0.6) is 0 Å². The fourth-order valence-corrected chi connectivity index (χ4v) is 2.36. The predicted molar refractivity (Wildman–Crippen MR) is 76.4 cm³/mol. The van der Waals surface area contributed by atoms with Crippen LogP contribution in [0.15, 0.2) is 41.4 Å². The van der Waals surface area contributed by atoms with Crippen molar-refractivity contribution in [3.63, 3.8) is 0 Å². The molecule has 94 valence electrons. The molecule has 2 aromatic rings. The van der Waals surface area contributed by atoms with Gasteiger partial charge in [-0.3, -0.25) is 9.97 Å². The van der Waals surface area contributed by atoms with E-state index in [9.17, 15) is 0 Å². The molecule has 0 amide bonds. The van der Waals surface area contributed by atoms with Gasteiger partial charge in [-0.15, -0.1) is 0 Å². The summed E-state index contributed by atoms with van der Waals surface area (Å²) in [7, 11) is 0. The lowest BCUT2D eigenvalue weighted by molar-refractivity contribution is 0.623. The Balaban J connectivity index is 2.43. The van der Waals surface area contributed by atoms with Crippen molar-refractivity contribution in [3.8, 4) is 0 Å². The van der Waals surface area contributed by atoms with Crippen molar-refractivity contribution >= 4 is 15.9 Å². The van der Waals surface area contributed by atoms with Crippen molar-refractivity contribution in [2.24, 2.45) is 0 Å². The highest BCUT2D eigenvalue weighted by molar-refractivity contribution is 9.10. The van der Waals surface area contributed by atoms with Gasteiger partial charge in [0.2, 0.25) is 0 Å². The molecule has 0 radical (unpaired) electrons. The molecule has 2 heterocycles. The zero-order valence-corrected chi connectivity index (χ0v) is 12.1. The third-order valence-corrected chi connectivity index (χ3v) is 3.29. The number of hydrogen-bond acceptors (Lipinski definition) is 3. The van der Waals surface area contributed by atoms with E-state index in [0.717, 1.165) is 16.6 Å². The summed E-state index contributed by atoms with van der Waals surface area (Å²) >= 11 is 3.47. The van der Waals surface area contributed by atoms with Crippen LogP contribution in [0.3, 0.4) is 0 Å². The summed E-state index contributed by atoms with van der Waals surface area (Å²) in [6.07, 6.45) is 7.43. The molecule has 3 nitrogen and oxygen atoms in total. The first-order valence-electron chi connectivity index (χ1n) is 5.96. The lowest BCUT2D eigenvalue weighted by Crippen LogP contribution is -2.23.